The summed E-state index contributed by atoms with van der Waals surface area (Å²) in [7, 11) is 1.28. The van der Waals surface area contributed by atoms with Crippen molar-refractivity contribution in [2.75, 3.05) is 7.11 Å². The number of rotatable bonds is 2. The summed E-state index contributed by atoms with van der Waals surface area (Å²) in [5, 5.41) is 9.17. The number of carboxylic acids is 1. The van der Waals surface area contributed by atoms with E-state index >= 15 is 0 Å². The molecule has 0 unspecified atom stereocenters. The maximum absolute atomic E-state index is 11.0. The lowest BCUT2D eigenvalue weighted by Crippen LogP contribution is -2.01. The highest BCUT2D eigenvalue weighted by molar-refractivity contribution is 6.34. The van der Waals surface area contributed by atoms with Gasteiger partial charge in [-0.25, -0.2) is 9.59 Å². The largest absolute Gasteiger partial charge is 0.478 e. The van der Waals surface area contributed by atoms with Gasteiger partial charge in [0.1, 0.15) is 0 Å². The molecule has 0 amide bonds. The number of ether oxygens (including phenoxy) is 1. The van der Waals surface area contributed by atoms with Gasteiger partial charge in [-0.2, -0.15) is 0 Å². The molecule has 0 aliphatic rings. The van der Waals surface area contributed by atoms with Gasteiger partial charge in [-0.05, 0) is 30.7 Å². The van der Waals surface area contributed by atoms with Crippen molar-refractivity contribution >= 4 is 35.1 Å². The zero-order valence-electron chi connectivity index (χ0n) is 12.9. The first-order valence-corrected chi connectivity index (χ1v) is 6.86. The average molecular weight is 342 g/mol. The molecule has 0 saturated heterocycles. The Morgan fingerprint density at radius 2 is 1.77 bits per heavy atom. The monoisotopic (exact) mass is 341 g/mol. The first kappa shape index (κ1) is 16.3. The Morgan fingerprint density at radius 3 is 2.27 bits per heavy atom. The average Bonchev–Trinajstić information content (AvgIpc) is 2.49. The van der Waals surface area contributed by atoms with Crippen LogP contribution in [0.25, 0.3) is 0 Å². The topological polar surface area (TPSA) is 63.6 Å². The maximum Gasteiger partial charge on any atom is 0.339 e. The second-order valence-electron chi connectivity index (χ2n) is 4.14. The van der Waals surface area contributed by atoms with Crippen LogP contribution >= 0.6 is 23.2 Å². The molecule has 0 aliphatic heterocycles. The highest BCUT2D eigenvalue weighted by Crippen LogP contribution is 2.19. The van der Waals surface area contributed by atoms with Gasteiger partial charge in [-0.3, -0.25) is 0 Å². The van der Waals surface area contributed by atoms with Gasteiger partial charge in [0.05, 0.1) is 29.7 Å². The molecule has 0 spiro atoms. The molecule has 0 saturated carbocycles. The van der Waals surface area contributed by atoms with Crippen molar-refractivity contribution in [2.45, 2.75) is 6.92 Å². The van der Waals surface area contributed by atoms with E-state index in [1.54, 1.807) is 19.1 Å². The third-order valence-electron chi connectivity index (χ3n) is 2.64. The molecule has 22 heavy (non-hydrogen) atoms. The number of methoxy groups -OCH3 is 1. The summed E-state index contributed by atoms with van der Waals surface area (Å²) in [5.74, 6) is -1.47. The van der Waals surface area contributed by atoms with Crippen LogP contribution in [0, 0.1) is 6.92 Å². The Kier molecular flexibility index (Phi) is 6.25. The van der Waals surface area contributed by atoms with Gasteiger partial charge in [0.2, 0.25) is 0 Å². The van der Waals surface area contributed by atoms with Crippen molar-refractivity contribution in [3.63, 3.8) is 0 Å². The second kappa shape index (κ2) is 8.41. The number of carboxylic acid groups (broad SMARTS) is 1. The minimum atomic E-state index is -0.987. The minimum Gasteiger partial charge on any atom is -0.478 e. The van der Waals surface area contributed by atoms with E-state index in [-0.39, 0.29) is 22.2 Å². The van der Waals surface area contributed by atoms with E-state index in [0.717, 1.165) is 5.56 Å². The van der Waals surface area contributed by atoms with Gasteiger partial charge in [0.15, 0.2) is 0 Å². The van der Waals surface area contributed by atoms with Crippen molar-refractivity contribution in [3.8, 4) is 0 Å². The van der Waals surface area contributed by atoms with Crippen LogP contribution in [0.15, 0.2) is 42.4 Å². The third kappa shape index (κ3) is 4.76. The summed E-state index contributed by atoms with van der Waals surface area (Å²) >= 11 is 11.4. The number of esters is 1. The highest BCUT2D eigenvalue weighted by atomic mass is 35.5. The molecule has 0 bridgehead atoms. The van der Waals surface area contributed by atoms with Crippen molar-refractivity contribution in [2.24, 2.45) is 0 Å². The first-order valence-electron chi connectivity index (χ1n) is 6.60. The lowest BCUT2D eigenvalue weighted by atomic mass is 10.1. The van der Waals surface area contributed by atoms with E-state index in [9.17, 15) is 9.59 Å². The van der Waals surface area contributed by atoms with E-state index in [0.29, 0.717) is 5.02 Å². The van der Waals surface area contributed by atoms with E-state index in [1.165, 1.54) is 31.4 Å². The number of aryl methyl sites for hydroxylation is 1. The Hall–Kier alpha value is -2.04. The van der Waals surface area contributed by atoms with Crippen LogP contribution in [0.2, 0.25) is 10.0 Å². The first-order chi connectivity index (χ1) is 10.8. The summed E-state index contributed by atoms with van der Waals surface area (Å²) in [6.45, 7) is 1.77. The van der Waals surface area contributed by atoms with Crippen molar-refractivity contribution in [1.82, 2.24) is 0 Å². The Balaban J connectivity index is 0.000000231. The molecule has 0 radical (unpaired) electrons. The number of hydrogen-bond acceptors (Lipinski definition) is 3. The number of hydrogen-bond donors (Lipinski definition) is 1. The normalized spacial score (nSPS) is 10.1. The zero-order valence-corrected chi connectivity index (χ0v) is 13.4. The van der Waals surface area contributed by atoms with Gasteiger partial charge in [-0.1, -0.05) is 47.4 Å². The van der Waals surface area contributed by atoms with Gasteiger partial charge in [0, 0.05) is 0 Å². The molecule has 1 N–H and O–H groups in total. The van der Waals surface area contributed by atoms with Crippen LogP contribution in [0.3, 0.4) is 0 Å². The number of benzene rings is 2. The van der Waals surface area contributed by atoms with Gasteiger partial charge >= 0.3 is 11.9 Å². The predicted molar refractivity (Wildman–Crippen MR) is 85.9 cm³/mol. The summed E-state index contributed by atoms with van der Waals surface area (Å²) < 4.78 is 11.7. The fourth-order valence-corrected chi connectivity index (χ4v) is 1.91. The third-order valence-corrected chi connectivity index (χ3v) is 3.46. The van der Waals surface area contributed by atoms with Crippen LogP contribution < -0.4 is 0 Å². The van der Waals surface area contributed by atoms with Gasteiger partial charge in [0.25, 0.3) is 0 Å². The molecule has 0 fully saturated rings. The number of halogens is 2. The number of aromatic carboxylic acids is 1. The highest BCUT2D eigenvalue weighted by Gasteiger charge is 2.08. The van der Waals surface area contributed by atoms with Crippen molar-refractivity contribution in [1.29, 1.82) is 0 Å². The van der Waals surface area contributed by atoms with E-state index < -0.39 is 11.9 Å². The molecular weight excluding hydrogens is 327 g/mol. The molecule has 0 aliphatic carbocycles. The summed E-state index contributed by atoms with van der Waals surface area (Å²) in [5.41, 5.74) is 1.23. The standard InChI is InChI=1S/2C8H7ClO2/c1-11-8(10)6-4-2-3-5-7(6)9;1-5-3-2-4-6(7(5)9)8(10)11/h2-5H,1H3;2-4H,1H3,(H,10,11)/i3D;. The Labute approximate surface area is 139 Å². The maximum atomic E-state index is 11.0. The summed E-state index contributed by atoms with van der Waals surface area (Å²) in [6.07, 6.45) is 0. The van der Waals surface area contributed by atoms with Gasteiger partial charge in [-0.15, -0.1) is 0 Å². The van der Waals surface area contributed by atoms with Crippen LogP contribution in [0.4, 0.5) is 0 Å². The Morgan fingerprint density at radius 1 is 1.14 bits per heavy atom. The molecule has 0 aromatic heterocycles. The number of carbonyl (C=O) groups excluding carboxylic acids is 1. The SMILES string of the molecule is Cc1cccc(C(=O)O)c1Cl.[2H]c1ccc(C(=O)OC)c(Cl)c1. The van der Waals surface area contributed by atoms with E-state index in [4.69, 9.17) is 29.7 Å². The zero-order chi connectivity index (χ0) is 17.6. The van der Waals surface area contributed by atoms with Crippen LogP contribution in [0.1, 0.15) is 27.7 Å². The summed E-state index contributed by atoms with van der Waals surface area (Å²) in [6, 6.07) is 9.55. The Bertz CT molecular complexity index is 732. The number of carbonyl (C=O) groups is 2. The van der Waals surface area contributed by atoms with E-state index in [2.05, 4.69) is 4.74 Å². The smallest absolute Gasteiger partial charge is 0.339 e. The van der Waals surface area contributed by atoms with Gasteiger partial charge < -0.3 is 9.84 Å². The molecule has 2 aromatic carbocycles. The molecule has 6 heteroatoms. The molecule has 0 heterocycles. The molecule has 2 rings (SSSR count). The van der Waals surface area contributed by atoms with Crippen LogP contribution in [-0.4, -0.2) is 24.2 Å². The fourth-order valence-electron chi connectivity index (χ4n) is 1.50. The van der Waals surface area contributed by atoms with Crippen LogP contribution in [0.5, 0.6) is 0 Å². The second-order valence-corrected chi connectivity index (χ2v) is 4.92. The van der Waals surface area contributed by atoms with Crippen molar-refractivity contribution in [3.05, 3.63) is 69.2 Å². The lowest BCUT2D eigenvalue weighted by Gasteiger charge is -1.99. The fraction of sp³-hybridized carbons (Fsp3) is 0.125. The summed E-state index contributed by atoms with van der Waals surface area (Å²) in [4.78, 5) is 21.5. The predicted octanol–water partition coefficient (Wildman–Crippen LogP) is 4.47. The lowest BCUT2D eigenvalue weighted by molar-refractivity contribution is 0.0600. The molecule has 0 atom stereocenters. The molecule has 2 aromatic rings. The van der Waals surface area contributed by atoms with Crippen LogP contribution in [-0.2, 0) is 4.74 Å². The molecule has 116 valence electrons. The minimum absolute atomic E-state index is 0.159. The van der Waals surface area contributed by atoms with Crippen molar-refractivity contribution < 1.29 is 20.8 Å². The molecule has 4 nitrogen and oxygen atoms in total. The quantitative estimate of drug-likeness (QED) is 0.818. The van der Waals surface area contributed by atoms with E-state index in [1.807, 2.05) is 0 Å². The molecular formula is C16H14Cl2O4.